The highest BCUT2D eigenvalue weighted by molar-refractivity contribution is 5.83. The van der Waals surface area contributed by atoms with Crippen LogP contribution in [0.4, 0.5) is 0 Å². The van der Waals surface area contributed by atoms with Gasteiger partial charge in [-0.15, -0.1) is 0 Å². The Kier molecular flexibility index (Phi) is 5.49. The van der Waals surface area contributed by atoms with Crippen LogP contribution in [0.5, 0.6) is 0 Å². The van der Waals surface area contributed by atoms with Crippen molar-refractivity contribution in [3.8, 4) is 0 Å². The quantitative estimate of drug-likeness (QED) is 0.719. The van der Waals surface area contributed by atoms with Crippen molar-refractivity contribution in [3.63, 3.8) is 0 Å². The van der Waals surface area contributed by atoms with E-state index in [2.05, 4.69) is 10.3 Å². The minimum absolute atomic E-state index is 0.0709. The minimum atomic E-state index is -0.355. The van der Waals surface area contributed by atoms with Crippen LogP contribution >= 0.6 is 0 Å². The van der Waals surface area contributed by atoms with Gasteiger partial charge in [0.1, 0.15) is 6.04 Å². The Morgan fingerprint density at radius 1 is 1.08 bits per heavy atom. The van der Waals surface area contributed by atoms with E-state index in [4.69, 9.17) is 0 Å². The predicted octanol–water partition coefficient (Wildman–Crippen LogP) is 2.49. The molecule has 5 nitrogen and oxygen atoms in total. The van der Waals surface area contributed by atoms with Gasteiger partial charge in [-0.25, -0.2) is 0 Å². The van der Waals surface area contributed by atoms with Crippen LogP contribution in [0.15, 0.2) is 65.5 Å². The number of aromatic amines is 1. The lowest BCUT2D eigenvalue weighted by Crippen LogP contribution is -2.38. The maximum Gasteiger partial charge on any atom is 0.251 e. The molecule has 0 aliphatic heterocycles. The highest BCUT2D eigenvalue weighted by Gasteiger charge is 2.22. The number of H-pyrrole nitrogens is 1. The maximum atomic E-state index is 12.6. The number of amides is 1. The number of rotatable bonds is 6. The van der Waals surface area contributed by atoms with Gasteiger partial charge in [-0.3, -0.25) is 14.5 Å². The van der Waals surface area contributed by atoms with Crippen LogP contribution < -0.4 is 10.9 Å². The molecule has 134 valence electrons. The van der Waals surface area contributed by atoms with Gasteiger partial charge >= 0.3 is 0 Å². The molecule has 1 atom stereocenters. The zero-order chi connectivity index (χ0) is 18.5. The summed E-state index contributed by atoms with van der Waals surface area (Å²) in [6.45, 7) is 0.414. The van der Waals surface area contributed by atoms with Crippen molar-refractivity contribution in [1.29, 1.82) is 0 Å². The monoisotopic (exact) mass is 349 g/mol. The molecule has 0 spiro atoms. The van der Waals surface area contributed by atoms with E-state index in [1.165, 1.54) is 0 Å². The van der Waals surface area contributed by atoms with Crippen LogP contribution in [0.2, 0.25) is 0 Å². The zero-order valence-corrected chi connectivity index (χ0v) is 15.0. The van der Waals surface area contributed by atoms with E-state index in [-0.39, 0.29) is 17.5 Å². The fourth-order valence-electron chi connectivity index (χ4n) is 3.11. The third-order valence-electron chi connectivity index (χ3n) is 4.40. The molecular weight excluding hydrogens is 326 g/mol. The Hall–Kier alpha value is -2.92. The highest BCUT2D eigenvalue weighted by Crippen LogP contribution is 2.18. The Morgan fingerprint density at radius 2 is 1.77 bits per heavy atom. The molecule has 1 amide bonds. The number of likely N-dealkylation sites (N-methyl/N-ethyl adjacent to an activating group) is 1. The molecular formula is C21H23N3O2. The van der Waals surface area contributed by atoms with Crippen LogP contribution in [0, 0.1) is 0 Å². The second-order valence-corrected chi connectivity index (χ2v) is 6.53. The molecule has 1 aromatic heterocycles. The van der Waals surface area contributed by atoms with E-state index in [0.29, 0.717) is 18.5 Å². The minimum Gasteiger partial charge on any atom is -0.354 e. The van der Waals surface area contributed by atoms with Gasteiger partial charge in [0.25, 0.3) is 5.56 Å². The van der Waals surface area contributed by atoms with E-state index < -0.39 is 0 Å². The van der Waals surface area contributed by atoms with Crippen LogP contribution in [-0.4, -0.2) is 36.4 Å². The summed E-state index contributed by atoms with van der Waals surface area (Å²) in [4.78, 5) is 29.6. The third kappa shape index (κ3) is 4.00. The molecule has 0 fully saturated rings. The van der Waals surface area contributed by atoms with E-state index in [1.54, 1.807) is 0 Å². The molecule has 2 N–H and O–H groups in total. The van der Waals surface area contributed by atoms with E-state index in [1.807, 2.05) is 79.7 Å². The zero-order valence-electron chi connectivity index (χ0n) is 15.0. The van der Waals surface area contributed by atoms with Crippen molar-refractivity contribution in [2.24, 2.45) is 0 Å². The first-order valence-corrected chi connectivity index (χ1v) is 8.66. The van der Waals surface area contributed by atoms with Crippen molar-refractivity contribution in [1.82, 2.24) is 15.2 Å². The van der Waals surface area contributed by atoms with Gasteiger partial charge in [-0.05, 0) is 43.6 Å². The van der Waals surface area contributed by atoms with Gasteiger partial charge in [-0.2, -0.15) is 0 Å². The molecule has 26 heavy (non-hydrogen) atoms. The average Bonchev–Trinajstić information content (AvgIpc) is 2.63. The average molecular weight is 349 g/mol. The van der Waals surface area contributed by atoms with Crippen LogP contribution in [-0.2, 0) is 11.2 Å². The van der Waals surface area contributed by atoms with E-state index >= 15 is 0 Å². The summed E-state index contributed by atoms with van der Waals surface area (Å²) in [5.74, 6) is -0.0709. The van der Waals surface area contributed by atoms with Crippen LogP contribution in [0.1, 0.15) is 17.2 Å². The molecule has 0 saturated carbocycles. The number of pyridine rings is 1. The number of aromatic nitrogens is 1. The first kappa shape index (κ1) is 17.9. The predicted molar refractivity (Wildman–Crippen MR) is 104 cm³/mol. The van der Waals surface area contributed by atoms with Crippen molar-refractivity contribution >= 4 is 16.8 Å². The standard InChI is InChI=1S/C21H23N3O2/c1-24(2)19(15-8-4-3-5-9-15)21(26)22-13-12-17-14-16-10-6-7-11-18(16)23-20(17)25/h3-11,14,19H,12-13H2,1-2H3,(H,22,26)(H,23,25). The molecule has 3 rings (SSSR count). The first-order valence-electron chi connectivity index (χ1n) is 8.66. The van der Waals surface area contributed by atoms with Gasteiger partial charge in [0, 0.05) is 17.6 Å². The number of nitrogens with one attached hydrogen (secondary N) is 2. The fourth-order valence-corrected chi connectivity index (χ4v) is 3.11. The lowest BCUT2D eigenvalue weighted by Gasteiger charge is -2.23. The summed E-state index contributed by atoms with van der Waals surface area (Å²) in [5, 5.41) is 3.94. The van der Waals surface area contributed by atoms with Gasteiger partial charge in [-0.1, -0.05) is 48.5 Å². The summed E-state index contributed by atoms with van der Waals surface area (Å²) >= 11 is 0. The molecule has 0 saturated heterocycles. The van der Waals surface area contributed by atoms with Gasteiger partial charge in [0.05, 0.1) is 0 Å². The van der Waals surface area contributed by atoms with Gasteiger partial charge in [0.2, 0.25) is 5.91 Å². The number of carbonyl (C=O) groups excluding carboxylic acids is 1. The Morgan fingerprint density at radius 3 is 2.50 bits per heavy atom. The number of fused-ring (bicyclic) bond motifs is 1. The lowest BCUT2D eigenvalue weighted by molar-refractivity contribution is -0.125. The summed E-state index contributed by atoms with van der Waals surface area (Å²) < 4.78 is 0. The first-order chi connectivity index (χ1) is 12.6. The van der Waals surface area contributed by atoms with Crippen LogP contribution in [0.3, 0.4) is 0 Å². The molecule has 1 unspecified atom stereocenters. The SMILES string of the molecule is CN(C)C(C(=O)NCCc1cc2ccccc2[nH]c1=O)c1ccccc1. The molecule has 0 bridgehead atoms. The Labute approximate surface area is 152 Å². The Balaban J connectivity index is 1.68. The second-order valence-electron chi connectivity index (χ2n) is 6.53. The number of para-hydroxylation sites is 1. The number of hydrogen-bond acceptors (Lipinski definition) is 3. The summed E-state index contributed by atoms with van der Waals surface area (Å²) in [7, 11) is 3.76. The fraction of sp³-hybridized carbons (Fsp3) is 0.238. The largest absolute Gasteiger partial charge is 0.354 e. The molecule has 1 heterocycles. The maximum absolute atomic E-state index is 12.6. The van der Waals surface area contributed by atoms with Crippen molar-refractivity contribution in [3.05, 3.63) is 82.1 Å². The molecule has 0 aliphatic carbocycles. The second kappa shape index (κ2) is 7.97. The topological polar surface area (TPSA) is 65.2 Å². The van der Waals surface area contributed by atoms with Gasteiger partial charge < -0.3 is 10.3 Å². The highest BCUT2D eigenvalue weighted by atomic mass is 16.2. The van der Waals surface area contributed by atoms with Crippen molar-refractivity contribution < 1.29 is 4.79 Å². The van der Waals surface area contributed by atoms with E-state index in [9.17, 15) is 9.59 Å². The summed E-state index contributed by atoms with van der Waals surface area (Å²) in [5.41, 5.74) is 2.33. The third-order valence-corrected chi connectivity index (χ3v) is 4.40. The molecule has 0 aliphatic rings. The number of nitrogens with zero attached hydrogens (tertiary/aromatic N) is 1. The van der Waals surface area contributed by atoms with Crippen LogP contribution in [0.25, 0.3) is 10.9 Å². The summed E-state index contributed by atoms with van der Waals surface area (Å²) in [6, 6.07) is 18.9. The Bertz CT molecular complexity index is 948. The number of carbonyl (C=O) groups is 1. The van der Waals surface area contributed by atoms with E-state index in [0.717, 1.165) is 16.5 Å². The molecule has 0 radical (unpaired) electrons. The van der Waals surface area contributed by atoms with Gasteiger partial charge in [0.15, 0.2) is 0 Å². The van der Waals surface area contributed by atoms with Crippen molar-refractivity contribution in [2.45, 2.75) is 12.5 Å². The molecule has 3 aromatic rings. The molecule has 2 aromatic carbocycles. The number of benzene rings is 2. The molecule has 5 heteroatoms. The lowest BCUT2D eigenvalue weighted by atomic mass is 10.1. The number of hydrogen-bond donors (Lipinski definition) is 2. The summed E-state index contributed by atoms with van der Waals surface area (Å²) in [6.07, 6.45) is 0.487. The normalized spacial score (nSPS) is 12.3. The van der Waals surface area contributed by atoms with Crippen molar-refractivity contribution in [2.75, 3.05) is 20.6 Å². The smallest absolute Gasteiger partial charge is 0.251 e.